The minimum atomic E-state index is 0.408. The molecule has 6 nitrogen and oxygen atoms in total. The van der Waals surface area contributed by atoms with E-state index in [1.54, 1.807) is 19.5 Å². The van der Waals surface area contributed by atoms with Crippen LogP contribution in [-0.2, 0) is 6.54 Å². The fraction of sp³-hybridized carbons (Fsp3) is 0.438. The van der Waals surface area contributed by atoms with Crippen LogP contribution in [0.15, 0.2) is 30.7 Å². The summed E-state index contributed by atoms with van der Waals surface area (Å²) in [6, 6.07) is 4.37. The molecule has 2 aromatic heterocycles. The van der Waals surface area contributed by atoms with Gasteiger partial charge in [-0.2, -0.15) is 0 Å². The number of methoxy groups -OCH3 is 1. The van der Waals surface area contributed by atoms with E-state index in [2.05, 4.69) is 37.7 Å². The number of anilines is 1. The zero-order valence-corrected chi connectivity index (χ0v) is 14.1. The van der Waals surface area contributed by atoms with E-state index < -0.39 is 0 Å². The summed E-state index contributed by atoms with van der Waals surface area (Å²) in [5.41, 5.74) is 1.19. The van der Waals surface area contributed by atoms with E-state index in [0.29, 0.717) is 16.9 Å². The maximum absolute atomic E-state index is 5.85. The number of nitrogens with zero attached hydrogens (tertiary/aromatic N) is 5. The molecule has 0 radical (unpaired) electrons. The van der Waals surface area contributed by atoms with Gasteiger partial charge in [0, 0.05) is 44.5 Å². The molecule has 1 saturated heterocycles. The summed E-state index contributed by atoms with van der Waals surface area (Å²) < 4.78 is 5.10. The maximum atomic E-state index is 5.85. The van der Waals surface area contributed by atoms with Crippen LogP contribution < -0.4 is 9.64 Å². The number of rotatable bonds is 4. The molecule has 1 fully saturated rings. The largest absolute Gasteiger partial charge is 0.481 e. The zero-order chi connectivity index (χ0) is 16.2. The number of halogens is 1. The number of pyridine rings is 1. The highest BCUT2D eigenvalue weighted by molar-refractivity contribution is 6.30. The molecule has 0 bridgehead atoms. The van der Waals surface area contributed by atoms with Gasteiger partial charge in [0.1, 0.15) is 0 Å². The molecule has 23 heavy (non-hydrogen) atoms. The van der Waals surface area contributed by atoms with E-state index in [-0.39, 0.29) is 0 Å². The summed E-state index contributed by atoms with van der Waals surface area (Å²) in [5.74, 6) is 1.39. The molecule has 3 heterocycles. The minimum absolute atomic E-state index is 0.408. The average molecular weight is 334 g/mol. The van der Waals surface area contributed by atoms with Crippen molar-refractivity contribution >= 4 is 17.5 Å². The SMILES string of the molecule is COc1ccc(CN2CCN(c3ncc(Cl)cn3)CC2C)cn1. The van der Waals surface area contributed by atoms with Crippen molar-refractivity contribution in [1.82, 2.24) is 19.9 Å². The Bertz CT molecular complexity index is 634. The van der Waals surface area contributed by atoms with Crippen molar-refractivity contribution in [1.29, 1.82) is 0 Å². The number of hydrogen-bond acceptors (Lipinski definition) is 6. The van der Waals surface area contributed by atoms with Crippen molar-refractivity contribution in [2.45, 2.75) is 19.5 Å². The second kappa shape index (κ2) is 7.10. The first-order valence-electron chi connectivity index (χ1n) is 7.61. The molecule has 122 valence electrons. The molecule has 1 atom stereocenters. The first-order valence-corrected chi connectivity index (χ1v) is 7.99. The first-order chi connectivity index (χ1) is 11.2. The summed E-state index contributed by atoms with van der Waals surface area (Å²) in [7, 11) is 1.63. The minimum Gasteiger partial charge on any atom is -0.481 e. The third-order valence-electron chi connectivity index (χ3n) is 4.05. The van der Waals surface area contributed by atoms with Crippen LogP contribution >= 0.6 is 11.6 Å². The van der Waals surface area contributed by atoms with Crippen molar-refractivity contribution in [3.8, 4) is 5.88 Å². The van der Waals surface area contributed by atoms with E-state index in [1.807, 2.05) is 12.3 Å². The Kier molecular flexibility index (Phi) is 4.93. The third-order valence-corrected chi connectivity index (χ3v) is 4.24. The van der Waals surface area contributed by atoms with Crippen LogP contribution in [0.3, 0.4) is 0 Å². The Morgan fingerprint density at radius 2 is 1.96 bits per heavy atom. The highest BCUT2D eigenvalue weighted by atomic mass is 35.5. The van der Waals surface area contributed by atoms with Crippen LogP contribution in [0.25, 0.3) is 0 Å². The van der Waals surface area contributed by atoms with Crippen LogP contribution in [0.5, 0.6) is 5.88 Å². The van der Waals surface area contributed by atoms with Crippen molar-refractivity contribution < 1.29 is 4.74 Å². The molecule has 1 aliphatic heterocycles. The van der Waals surface area contributed by atoms with Gasteiger partial charge in [0.05, 0.1) is 24.5 Å². The van der Waals surface area contributed by atoms with E-state index in [0.717, 1.165) is 32.1 Å². The number of hydrogen-bond donors (Lipinski definition) is 0. The van der Waals surface area contributed by atoms with Crippen LogP contribution in [-0.4, -0.2) is 52.6 Å². The van der Waals surface area contributed by atoms with Crippen LogP contribution in [0.2, 0.25) is 5.02 Å². The Morgan fingerprint density at radius 3 is 2.57 bits per heavy atom. The van der Waals surface area contributed by atoms with Gasteiger partial charge in [-0.25, -0.2) is 15.0 Å². The fourth-order valence-corrected chi connectivity index (χ4v) is 2.84. The number of aromatic nitrogens is 3. The second-order valence-electron chi connectivity index (χ2n) is 5.68. The van der Waals surface area contributed by atoms with Gasteiger partial charge in [-0.15, -0.1) is 0 Å². The quantitative estimate of drug-likeness (QED) is 0.855. The normalized spacial score (nSPS) is 18.9. The van der Waals surface area contributed by atoms with Gasteiger partial charge in [-0.1, -0.05) is 17.7 Å². The predicted octanol–water partition coefficient (Wildman–Crippen LogP) is 2.24. The molecular weight excluding hydrogens is 314 g/mol. The molecule has 0 aromatic carbocycles. The summed E-state index contributed by atoms with van der Waals surface area (Å²) in [5, 5.41) is 0.562. The van der Waals surface area contributed by atoms with Gasteiger partial charge in [0.15, 0.2) is 0 Å². The van der Waals surface area contributed by atoms with E-state index in [1.165, 1.54) is 5.56 Å². The number of ether oxygens (including phenoxy) is 1. The molecule has 1 unspecified atom stereocenters. The summed E-state index contributed by atoms with van der Waals surface area (Å²) in [4.78, 5) is 17.5. The van der Waals surface area contributed by atoms with Crippen LogP contribution in [0.1, 0.15) is 12.5 Å². The van der Waals surface area contributed by atoms with Gasteiger partial charge >= 0.3 is 0 Å². The summed E-state index contributed by atoms with van der Waals surface area (Å²) in [6.07, 6.45) is 5.16. The highest BCUT2D eigenvalue weighted by Gasteiger charge is 2.25. The van der Waals surface area contributed by atoms with Crippen molar-refractivity contribution in [3.63, 3.8) is 0 Å². The Morgan fingerprint density at radius 1 is 1.17 bits per heavy atom. The lowest BCUT2D eigenvalue weighted by molar-refractivity contribution is 0.180. The maximum Gasteiger partial charge on any atom is 0.225 e. The third kappa shape index (κ3) is 3.89. The predicted molar refractivity (Wildman–Crippen MR) is 89.9 cm³/mol. The lowest BCUT2D eigenvalue weighted by atomic mass is 10.1. The van der Waals surface area contributed by atoms with Gasteiger partial charge in [-0.3, -0.25) is 4.90 Å². The summed E-state index contributed by atoms with van der Waals surface area (Å²) in [6.45, 7) is 5.85. The molecule has 0 spiro atoms. The molecule has 7 heteroatoms. The van der Waals surface area contributed by atoms with Gasteiger partial charge < -0.3 is 9.64 Å². The van der Waals surface area contributed by atoms with Gasteiger partial charge in [-0.05, 0) is 12.5 Å². The van der Waals surface area contributed by atoms with E-state index in [4.69, 9.17) is 16.3 Å². The average Bonchev–Trinajstić information content (AvgIpc) is 2.58. The molecule has 0 N–H and O–H groups in total. The van der Waals surface area contributed by atoms with Gasteiger partial charge in [0.25, 0.3) is 0 Å². The smallest absolute Gasteiger partial charge is 0.225 e. The monoisotopic (exact) mass is 333 g/mol. The van der Waals surface area contributed by atoms with Crippen molar-refractivity contribution in [2.75, 3.05) is 31.6 Å². The van der Waals surface area contributed by atoms with Crippen LogP contribution in [0.4, 0.5) is 5.95 Å². The molecule has 3 rings (SSSR count). The fourth-order valence-electron chi connectivity index (χ4n) is 2.74. The lowest BCUT2D eigenvalue weighted by Crippen LogP contribution is -2.51. The summed E-state index contributed by atoms with van der Waals surface area (Å²) >= 11 is 5.85. The zero-order valence-electron chi connectivity index (χ0n) is 13.3. The van der Waals surface area contributed by atoms with E-state index in [9.17, 15) is 0 Å². The van der Waals surface area contributed by atoms with Crippen molar-refractivity contribution in [3.05, 3.63) is 41.3 Å². The van der Waals surface area contributed by atoms with Crippen molar-refractivity contribution in [2.24, 2.45) is 0 Å². The molecule has 1 aliphatic rings. The highest BCUT2D eigenvalue weighted by Crippen LogP contribution is 2.18. The Labute approximate surface area is 141 Å². The Hall–Kier alpha value is -1.92. The lowest BCUT2D eigenvalue weighted by Gasteiger charge is -2.39. The number of piperazine rings is 1. The van der Waals surface area contributed by atoms with Gasteiger partial charge in [0.2, 0.25) is 11.8 Å². The van der Waals surface area contributed by atoms with Crippen LogP contribution in [0, 0.1) is 0 Å². The molecule has 2 aromatic rings. The topological polar surface area (TPSA) is 54.4 Å². The molecular formula is C16H20ClN5O. The van der Waals surface area contributed by atoms with E-state index >= 15 is 0 Å². The molecule has 0 saturated carbocycles. The first kappa shape index (κ1) is 16.0. The second-order valence-corrected chi connectivity index (χ2v) is 6.11. The molecule has 0 amide bonds. The standard InChI is InChI=1S/C16H20ClN5O/c1-12-10-22(16-19-8-14(17)9-20-16)6-5-21(12)11-13-3-4-15(23-2)18-7-13/h3-4,7-9,12H,5-6,10-11H2,1-2H3. The molecule has 0 aliphatic carbocycles. The Balaban J connectivity index is 1.60.